The Hall–Kier alpha value is -1.09. The van der Waals surface area contributed by atoms with Crippen LogP contribution in [0.3, 0.4) is 0 Å². The van der Waals surface area contributed by atoms with Gasteiger partial charge in [0, 0.05) is 3.57 Å². The molecule has 2 N–H and O–H groups in total. The van der Waals surface area contributed by atoms with E-state index in [2.05, 4.69) is 0 Å². The van der Waals surface area contributed by atoms with Gasteiger partial charge in [-0.25, -0.2) is 0 Å². The monoisotopic (exact) mass is 477 g/mol. The molecule has 13 heteroatoms. The van der Waals surface area contributed by atoms with Crippen LogP contribution in [0.5, 0.6) is 0 Å². The first-order chi connectivity index (χ1) is 10.1. The number of alkyl halides is 6. The summed E-state index contributed by atoms with van der Waals surface area (Å²) >= 11 is 1.50. The molecule has 0 saturated carbocycles. The van der Waals surface area contributed by atoms with Gasteiger partial charge in [-0.3, -0.25) is 14.7 Å². The Bertz CT molecular complexity index is 724. The molecule has 0 atom stereocenters. The summed E-state index contributed by atoms with van der Waals surface area (Å²) in [5, 5.41) is -6.18. The zero-order valence-corrected chi connectivity index (χ0v) is 13.5. The fourth-order valence-corrected chi connectivity index (χ4v) is 2.36. The van der Waals surface area contributed by atoms with Crippen LogP contribution in [0.4, 0.5) is 26.3 Å². The average Bonchev–Trinajstić information content (AvgIpc) is 2.36. The third-order valence-corrected chi connectivity index (χ3v) is 4.32. The first kappa shape index (κ1) is 20.0. The third kappa shape index (κ3) is 3.55. The Kier molecular flexibility index (Phi) is 5.28. The van der Waals surface area contributed by atoms with E-state index in [1.54, 1.807) is 0 Å². The summed E-state index contributed by atoms with van der Waals surface area (Å²) in [6, 6.07) is -1.19. The third-order valence-electron chi connectivity index (χ3n) is 2.47. The maximum Gasteiger partial charge on any atom is 0.440 e. The van der Waals surface area contributed by atoms with Crippen LogP contribution in [0.25, 0.3) is 0 Å². The Morgan fingerprint density at radius 3 is 2.00 bits per heavy atom. The van der Waals surface area contributed by atoms with Crippen LogP contribution in [-0.4, -0.2) is 36.1 Å². The second kappa shape index (κ2) is 6.08. The van der Waals surface area contributed by atoms with Crippen molar-refractivity contribution in [2.24, 2.45) is 0 Å². The number of nitrogens with one attached hydrogen (secondary N) is 1. The number of halogens is 7. The molecule has 0 radical (unpaired) electrons. The summed E-state index contributed by atoms with van der Waals surface area (Å²) < 4.78 is 107. The maximum absolute atomic E-state index is 13.4. The van der Waals surface area contributed by atoms with Crippen LogP contribution < -0.4 is 5.32 Å². The van der Waals surface area contributed by atoms with Crippen LogP contribution in [0.15, 0.2) is 24.3 Å². The molecule has 1 aromatic carbocycles. The molecular weight excluding hydrogens is 471 g/mol. The second-order valence-electron chi connectivity index (χ2n) is 4.07. The molecule has 5 nitrogen and oxygen atoms in total. The maximum atomic E-state index is 13.4. The number of amides is 1. The minimum Gasteiger partial charge on any atom is -0.288 e. The van der Waals surface area contributed by atoms with Crippen LogP contribution in [0.1, 0.15) is 10.4 Å². The van der Waals surface area contributed by atoms with E-state index in [0.717, 1.165) is 6.07 Å². The van der Waals surface area contributed by atoms with E-state index < -0.39 is 38.8 Å². The molecule has 0 spiro atoms. The van der Waals surface area contributed by atoms with Crippen LogP contribution in [-0.2, 0) is 10.1 Å². The lowest BCUT2D eigenvalue weighted by atomic mass is 10.2. The fourth-order valence-electron chi connectivity index (χ4n) is 1.28. The Balaban J connectivity index is 3.21. The summed E-state index contributed by atoms with van der Waals surface area (Å²) in [6.45, 7) is 0. The van der Waals surface area contributed by atoms with Crippen molar-refractivity contribution in [3.63, 3.8) is 0 Å². The lowest BCUT2D eigenvalue weighted by Crippen LogP contribution is -2.64. The Morgan fingerprint density at radius 1 is 1.09 bits per heavy atom. The molecule has 0 fully saturated rings. The number of hydrogen-bond acceptors (Lipinski definition) is 3. The summed E-state index contributed by atoms with van der Waals surface area (Å²) in [4.78, 5) is 11.5. The molecule has 0 unspecified atom stereocenters. The van der Waals surface area contributed by atoms with Gasteiger partial charge in [-0.2, -0.15) is 34.8 Å². The highest BCUT2D eigenvalue weighted by atomic mass is 127. The van der Waals surface area contributed by atoms with Gasteiger partial charge < -0.3 is 0 Å². The highest BCUT2D eigenvalue weighted by Crippen LogP contribution is 2.46. The van der Waals surface area contributed by atoms with E-state index in [0.29, 0.717) is 5.32 Å². The quantitative estimate of drug-likeness (QED) is 0.296. The minimum atomic E-state index is -6.87. The second-order valence-corrected chi connectivity index (χ2v) is 6.70. The summed E-state index contributed by atoms with van der Waals surface area (Å²) in [7, 11) is -6.87. The molecule has 0 bridgehead atoms. The van der Waals surface area contributed by atoms with E-state index in [1.807, 2.05) is 0 Å². The molecule has 0 aliphatic heterocycles. The summed E-state index contributed by atoms with van der Waals surface area (Å²) in [5.41, 5.74) is -0.529. The minimum absolute atomic E-state index is 0.0447. The number of hydrogen-bond donors (Lipinski definition) is 2. The van der Waals surface area contributed by atoms with Gasteiger partial charge in [-0.1, -0.05) is 12.1 Å². The van der Waals surface area contributed by atoms with Crippen LogP contribution >= 0.6 is 22.6 Å². The van der Waals surface area contributed by atoms with Crippen LogP contribution in [0.2, 0.25) is 0 Å². The van der Waals surface area contributed by atoms with Crippen molar-refractivity contribution in [2.45, 2.75) is 17.2 Å². The van der Waals surface area contributed by atoms with Gasteiger partial charge in [-0.15, -0.1) is 0 Å². The van der Waals surface area contributed by atoms with Gasteiger partial charge in [0.1, 0.15) is 0 Å². The van der Waals surface area contributed by atoms with E-state index in [9.17, 15) is 39.6 Å². The van der Waals surface area contributed by atoms with Gasteiger partial charge in [-0.05, 0) is 34.7 Å². The predicted molar refractivity (Wildman–Crippen MR) is 73.0 cm³/mol. The fraction of sp³-hybridized carbons (Fsp3) is 0.300. The molecule has 0 saturated heterocycles. The molecular formula is C10H6F6INO4S. The first-order valence-corrected chi connectivity index (χ1v) is 7.84. The number of carbonyl (C=O) groups is 1. The van der Waals surface area contributed by atoms with Crippen molar-refractivity contribution in [3.8, 4) is 0 Å². The normalized spacial score (nSPS) is 13.7. The van der Waals surface area contributed by atoms with Crippen LogP contribution in [0, 0.1) is 3.57 Å². The highest BCUT2D eigenvalue weighted by Gasteiger charge is 2.78. The summed E-state index contributed by atoms with van der Waals surface area (Å²) in [5.74, 6) is -8.45. The van der Waals surface area contributed by atoms with E-state index in [-0.39, 0.29) is 3.57 Å². The smallest absolute Gasteiger partial charge is 0.288 e. The Labute approximate surface area is 138 Å². The predicted octanol–water partition coefficient (Wildman–Crippen LogP) is 2.73. The molecule has 1 rings (SSSR count). The van der Waals surface area contributed by atoms with Crippen molar-refractivity contribution in [1.29, 1.82) is 0 Å². The molecule has 0 aliphatic carbocycles. The molecule has 0 aromatic heterocycles. The van der Waals surface area contributed by atoms with E-state index in [4.69, 9.17) is 4.55 Å². The molecule has 130 valence electrons. The van der Waals surface area contributed by atoms with Gasteiger partial charge in [0.15, 0.2) is 0 Å². The van der Waals surface area contributed by atoms with Gasteiger partial charge in [0.2, 0.25) is 0 Å². The standard InChI is InChI=1S/C10H6F6INO4S/c11-8(12,10(15,16)23(20,21)22)9(13,14)18-7(19)5-3-1-2-4-6(5)17/h1-4H,(H,18,19)(H,20,21,22). The van der Waals surface area contributed by atoms with Crippen molar-refractivity contribution >= 4 is 38.6 Å². The lowest BCUT2D eigenvalue weighted by Gasteiger charge is -2.30. The average molecular weight is 477 g/mol. The molecule has 1 amide bonds. The Morgan fingerprint density at radius 2 is 1.57 bits per heavy atom. The number of rotatable bonds is 5. The lowest BCUT2D eigenvalue weighted by molar-refractivity contribution is -0.287. The summed E-state index contributed by atoms with van der Waals surface area (Å²) in [6.07, 6.45) is 0. The molecule has 1 aromatic rings. The van der Waals surface area contributed by atoms with Crippen molar-refractivity contribution < 1.29 is 44.1 Å². The largest absolute Gasteiger partial charge is 0.440 e. The van der Waals surface area contributed by atoms with Gasteiger partial charge in [0.25, 0.3) is 5.91 Å². The molecule has 0 heterocycles. The topological polar surface area (TPSA) is 83.5 Å². The zero-order chi connectivity index (χ0) is 18.3. The molecule has 0 aliphatic rings. The number of benzene rings is 1. The number of carbonyl (C=O) groups excluding carboxylic acids is 1. The van der Waals surface area contributed by atoms with Gasteiger partial charge in [0.05, 0.1) is 5.56 Å². The zero-order valence-electron chi connectivity index (χ0n) is 10.5. The van der Waals surface area contributed by atoms with Crippen molar-refractivity contribution in [3.05, 3.63) is 33.4 Å². The van der Waals surface area contributed by atoms with Crippen molar-refractivity contribution in [1.82, 2.24) is 5.32 Å². The SMILES string of the molecule is O=C(NC(F)(F)C(F)(F)C(F)(F)S(=O)(=O)O)c1ccccc1I. The van der Waals surface area contributed by atoms with Gasteiger partial charge >= 0.3 is 27.3 Å². The highest BCUT2D eigenvalue weighted by molar-refractivity contribution is 14.1. The first-order valence-electron chi connectivity index (χ1n) is 5.32. The van der Waals surface area contributed by atoms with E-state index in [1.165, 1.54) is 40.8 Å². The molecule has 23 heavy (non-hydrogen) atoms. The van der Waals surface area contributed by atoms with Crippen molar-refractivity contribution in [2.75, 3.05) is 0 Å². The van der Waals surface area contributed by atoms with E-state index >= 15 is 0 Å².